The Hall–Kier alpha value is -2.77. The van der Waals surface area contributed by atoms with E-state index in [0.29, 0.717) is 18.0 Å². The van der Waals surface area contributed by atoms with Gasteiger partial charge < -0.3 is 5.11 Å². The topological polar surface area (TPSA) is 82.9 Å². The number of pyridine rings is 1. The summed E-state index contributed by atoms with van der Waals surface area (Å²) >= 11 is 9.96. The maximum Gasteiger partial charge on any atom is 0.303 e. The summed E-state index contributed by atoms with van der Waals surface area (Å²) < 4.78 is 0.965. The van der Waals surface area contributed by atoms with Crippen molar-refractivity contribution in [3.8, 4) is 0 Å². The summed E-state index contributed by atoms with van der Waals surface area (Å²) in [6.07, 6.45) is 1.44. The highest BCUT2D eigenvalue weighted by Gasteiger charge is 2.32. The van der Waals surface area contributed by atoms with Crippen LogP contribution in [0.4, 0.5) is 0 Å². The van der Waals surface area contributed by atoms with E-state index < -0.39 is 5.97 Å². The van der Waals surface area contributed by atoms with Gasteiger partial charge in [0.2, 0.25) is 5.91 Å². The highest BCUT2D eigenvalue weighted by Crippen LogP contribution is 2.29. The third kappa shape index (κ3) is 5.60. The number of nitrogens with zero attached hydrogens (tertiary/aromatic N) is 3. The average Bonchev–Trinajstić information content (AvgIpc) is 3.18. The number of hydrogen-bond acceptors (Lipinski definition) is 4. The van der Waals surface area contributed by atoms with Gasteiger partial charge in [0.15, 0.2) is 0 Å². The number of aryl methyl sites for hydroxylation is 1. The number of fused-ring (bicyclic) bond motifs is 1. The minimum atomic E-state index is -0.913. The standard InChI is InChI=1S/C25H23BrClN3O3/c1-15-5-10-21-17(11-15)12-18(25(27)28-21)13-20-14-22(16-6-8-19(26)9-7-16)29-30(20)23(31)3-2-4-24(32)33/h5-12,20H,2-4,13-14H2,1H3,(H,32,33)/t20-/m1/s1. The van der Waals surface area contributed by atoms with E-state index in [2.05, 4.69) is 32.1 Å². The molecule has 2 heterocycles. The van der Waals surface area contributed by atoms with Gasteiger partial charge in [0.1, 0.15) is 5.15 Å². The molecular weight excluding hydrogens is 506 g/mol. The van der Waals surface area contributed by atoms with Crippen molar-refractivity contribution >= 4 is 56.0 Å². The minimum Gasteiger partial charge on any atom is -0.481 e. The van der Waals surface area contributed by atoms with Crippen LogP contribution in [0.2, 0.25) is 5.15 Å². The van der Waals surface area contributed by atoms with Gasteiger partial charge in [-0.05, 0) is 61.2 Å². The largest absolute Gasteiger partial charge is 0.481 e. The number of hydrazone groups is 1. The first-order valence-corrected chi connectivity index (χ1v) is 11.9. The Morgan fingerprint density at radius 3 is 2.64 bits per heavy atom. The number of carbonyl (C=O) groups is 2. The van der Waals surface area contributed by atoms with Crippen LogP contribution in [0.15, 0.2) is 58.1 Å². The SMILES string of the molecule is Cc1ccc2nc(Cl)c(C[C@@H]3CC(c4ccc(Br)cc4)=NN3C(=O)CCCC(=O)O)cc2c1. The van der Waals surface area contributed by atoms with Crippen molar-refractivity contribution in [2.75, 3.05) is 0 Å². The molecule has 170 valence electrons. The third-order valence-corrected chi connectivity index (χ3v) is 6.53. The quantitative estimate of drug-likeness (QED) is 0.395. The fraction of sp³-hybridized carbons (Fsp3) is 0.280. The molecule has 3 aromatic rings. The van der Waals surface area contributed by atoms with Gasteiger partial charge >= 0.3 is 5.97 Å². The summed E-state index contributed by atoms with van der Waals surface area (Å²) in [5.41, 5.74) is 4.58. The number of aliphatic carboxylic acids is 1. The molecule has 0 saturated heterocycles. The summed E-state index contributed by atoms with van der Waals surface area (Å²) in [5, 5.41) is 16.5. The van der Waals surface area contributed by atoms with Gasteiger partial charge in [-0.15, -0.1) is 0 Å². The van der Waals surface area contributed by atoms with E-state index >= 15 is 0 Å². The van der Waals surface area contributed by atoms with Gasteiger partial charge in [0, 0.05) is 29.1 Å². The van der Waals surface area contributed by atoms with E-state index in [1.807, 2.05) is 49.4 Å². The van der Waals surface area contributed by atoms with E-state index in [-0.39, 0.29) is 31.2 Å². The summed E-state index contributed by atoms with van der Waals surface area (Å²) in [4.78, 5) is 28.4. The molecule has 6 nitrogen and oxygen atoms in total. The molecule has 0 radical (unpaired) electrons. The summed E-state index contributed by atoms with van der Waals surface area (Å²) in [5.74, 6) is -1.10. The maximum absolute atomic E-state index is 13.0. The van der Waals surface area contributed by atoms with Gasteiger partial charge in [-0.2, -0.15) is 5.10 Å². The number of rotatable bonds is 7. The van der Waals surface area contributed by atoms with Crippen LogP contribution in [0.25, 0.3) is 10.9 Å². The predicted octanol–water partition coefficient (Wildman–Crippen LogP) is 5.76. The van der Waals surface area contributed by atoms with Crippen molar-refractivity contribution < 1.29 is 14.7 Å². The van der Waals surface area contributed by atoms with Crippen LogP contribution in [-0.4, -0.2) is 38.7 Å². The van der Waals surface area contributed by atoms with Crippen molar-refractivity contribution in [3.05, 3.63) is 74.8 Å². The number of carboxylic acid groups (broad SMARTS) is 1. The van der Waals surface area contributed by atoms with Gasteiger partial charge in [-0.25, -0.2) is 9.99 Å². The zero-order chi connectivity index (χ0) is 23.5. The second-order valence-corrected chi connectivity index (χ2v) is 9.51. The Morgan fingerprint density at radius 2 is 1.91 bits per heavy atom. The molecule has 1 aliphatic rings. The highest BCUT2D eigenvalue weighted by atomic mass is 79.9. The Labute approximate surface area is 205 Å². The van der Waals surface area contributed by atoms with Crippen molar-refractivity contribution in [3.63, 3.8) is 0 Å². The maximum atomic E-state index is 13.0. The molecule has 0 saturated carbocycles. The first kappa shape index (κ1) is 23.4. The van der Waals surface area contributed by atoms with Crippen LogP contribution >= 0.6 is 27.5 Å². The summed E-state index contributed by atoms with van der Waals surface area (Å²) in [6, 6.07) is 15.6. The molecule has 1 N–H and O–H groups in total. The van der Waals surface area contributed by atoms with E-state index in [9.17, 15) is 9.59 Å². The Morgan fingerprint density at radius 1 is 1.15 bits per heavy atom. The molecular formula is C25H23BrClN3O3. The zero-order valence-corrected chi connectivity index (χ0v) is 20.4. The monoisotopic (exact) mass is 527 g/mol. The molecule has 0 unspecified atom stereocenters. The Kier molecular flexibility index (Phi) is 7.10. The van der Waals surface area contributed by atoms with E-state index in [1.165, 1.54) is 5.01 Å². The van der Waals surface area contributed by atoms with Crippen LogP contribution in [0, 0.1) is 6.92 Å². The van der Waals surface area contributed by atoms with Crippen molar-refractivity contribution in [2.24, 2.45) is 5.10 Å². The van der Waals surface area contributed by atoms with Gasteiger partial charge in [-0.1, -0.05) is 51.3 Å². The fourth-order valence-corrected chi connectivity index (χ4v) is 4.50. The van der Waals surface area contributed by atoms with Crippen LogP contribution in [0.5, 0.6) is 0 Å². The van der Waals surface area contributed by atoms with Crippen molar-refractivity contribution in [1.29, 1.82) is 0 Å². The molecule has 0 spiro atoms. The Balaban J connectivity index is 1.61. The number of amides is 1. The molecule has 33 heavy (non-hydrogen) atoms. The van der Waals surface area contributed by atoms with E-state index in [1.54, 1.807) is 0 Å². The van der Waals surface area contributed by atoms with Gasteiger partial charge in [0.05, 0.1) is 17.3 Å². The molecule has 2 aromatic carbocycles. The van der Waals surface area contributed by atoms with Crippen LogP contribution in [-0.2, 0) is 16.0 Å². The number of benzene rings is 2. The normalized spacial score (nSPS) is 15.7. The molecule has 1 aromatic heterocycles. The average molecular weight is 529 g/mol. The number of halogens is 2. The first-order valence-electron chi connectivity index (χ1n) is 10.7. The number of carbonyl (C=O) groups excluding carboxylic acids is 1. The van der Waals surface area contributed by atoms with Crippen LogP contribution in [0.3, 0.4) is 0 Å². The second kappa shape index (κ2) is 10.0. The van der Waals surface area contributed by atoms with Gasteiger partial charge in [-0.3, -0.25) is 9.59 Å². The van der Waals surface area contributed by atoms with E-state index in [0.717, 1.165) is 37.8 Å². The molecule has 8 heteroatoms. The van der Waals surface area contributed by atoms with E-state index in [4.69, 9.17) is 16.7 Å². The fourth-order valence-electron chi connectivity index (χ4n) is 4.02. The zero-order valence-electron chi connectivity index (χ0n) is 18.1. The van der Waals surface area contributed by atoms with Crippen LogP contribution in [0.1, 0.15) is 42.4 Å². The molecule has 1 amide bonds. The predicted molar refractivity (Wildman–Crippen MR) is 133 cm³/mol. The van der Waals surface area contributed by atoms with Gasteiger partial charge in [0.25, 0.3) is 0 Å². The lowest BCUT2D eigenvalue weighted by Gasteiger charge is -2.22. The molecule has 0 bridgehead atoms. The summed E-state index contributed by atoms with van der Waals surface area (Å²) in [7, 11) is 0. The van der Waals surface area contributed by atoms with Crippen molar-refractivity contribution in [2.45, 2.75) is 45.1 Å². The molecule has 0 fully saturated rings. The Bertz CT molecular complexity index is 1240. The second-order valence-electron chi connectivity index (χ2n) is 8.24. The molecule has 1 atom stereocenters. The lowest BCUT2D eigenvalue weighted by molar-refractivity contribution is -0.137. The summed E-state index contributed by atoms with van der Waals surface area (Å²) in [6.45, 7) is 2.03. The first-order chi connectivity index (χ1) is 15.8. The number of aromatic nitrogens is 1. The molecule has 1 aliphatic heterocycles. The lowest BCUT2D eigenvalue weighted by atomic mass is 9.98. The minimum absolute atomic E-state index is 0.0483. The van der Waals surface area contributed by atoms with Crippen LogP contribution < -0.4 is 0 Å². The number of carboxylic acids is 1. The number of hydrogen-bond donors (Lipinski definition) is 1. The van der Waals surface area contributed by atoms with Crippen molar-refractivity contribution in [1.82, 2.24) is 9.99 Å². The molecule has 4 rings (SSSR count). The molecule has 0 aliphatic carbocycles. The third-order valence-electron chi connectivity index (χ3n) is 5.67. The highest BCUT2D eigenvalue weighted by molar-refractivity contribution is 9.10. The lowest BCUT2D eigenvalue weighted by Crippen LogP contribution is -2.34. The smallest absolute Gasteiger partial charge is 0.303 e.